The number of pyridine rings is 1. The number of nitrogens with one attached hydrogen (secondary N) is 1. The predicted molar refractivity (Wildman–Crippen MR) is 186 cm³/mol. The van der Waals surface area contributed by atoms with Crippen molar-refractivity contribution in [2.45, 2.75) is 45.2 Å². The number of benzene rings is 2. The molecule has 5 aliphatic rings. The molecule has 220 valence electrons. The highest BCUT2D eigenvalue weighted by atomic mass is 15.2. The van der Waals surface area contributed by atoms with Crippen molar-refractivity contribution >= 4 is 40.0 Å². The van der Waals surface area contributed by atoms with Gasteiger partial charge in [0.25, 0.3) is 0 Å². The second-order valence-corrected chi connectivity index (χ2v) is 13.5. The minimum atomic E-state index is -0.217. The standard InChI is InChI=1S/C41H36N4/c1-25-22-28(34-17-10-11-21-42-34)19-20-29(25)39-43-38-37(31-15-6-8-16-33(31)41(38,2)3)40(44-39)45-35-18-9-7-14-30(35)32-23-26-12-4-5-13-27(26)24-36(32)45/h4-11,13-21,23-26,40H,12,22H2,1-3H3,(H,43,44). The molecule has 1 N–H and O–H groups in total. The average molecular weight is 585 g/mol. The van der Waals surface area contributed by atoms with Crippen molar-refractivity contribution in [3.8, 4) is 0 Å². The van der Waals surface area contributed by atoms with E-state index in [2.05, 4.69) is 139 Å². The normalized spacial score (nSPS) is 24.1. The molecule has 0 radical (unpaired) electrons. The molecule has 45 heavy (non-hydrogen) atoms. The zero-order valence-electron chi connectivity index (χ0n) is 26.0. The van der Waals surface area contributed by atoms with Gasteiger partial charge in [0.15, 0.2) is 0 Å². The summed E-state index contributed by atoms with van der Waals surface area (Å²) in [6.07, 6.45) is 20.0. The average Bonchev–Trinajstić information content (AvgIpc) is 3.52. The maximum Gasteiger partial charge on any atom is 0.134 e. The maximum atomic E-state index is 5.52. The first-order chi connectivity index (χ1) is 22.0. The molecule has 0 fully saturated rings. The zero-order valence-corrected chi connectivity index (χ0v) is 26.0. The minimum absolute atomic E-state index is 0.112. The second kappa shape index (κ2) is 9.77. The van der Waals surface area contributed by atoms with Gasteiger partial charge in [0.05, 0.1) is 22.3 Å². The number of rotatable bonds is 3. The first-order valence-corrected chi connectivity index (χ1v) is 16.2. The highest BCUT2D eigenvalue weighted by molar-refractivity contribution is 6.05. The summed E-state index contributed by atoms with van der Waals surface area (Å²) in [7, 11) is 0. The predicted octanol–water partition coefficient (Wildman–Crippen LogP) is 7.37. The Balaban J connectivity index is 1.28. The number of fused-ring (bicyclic) bond motifs is 6. The topological polar surface area (TPSA) is 42.2 Å². The van der Waals surface area contributed by atoms with Crippen LogP contribution in [0.5, 0.6) is 0 Å². The quantitative estimate of drug-likeness (QED) is 0.273. The number of nitrogens with zero attached hydrogens (tertiary/aromatic N) is 3. The van der Waals surface area contributed by atoms with Gasteiger partial charge >= 0.3 is 0 Å². The van der Waals surface area contributed by atoms with Crippen LogP contribution in [0.1, 0.15) is 56.6 Å². The van der Waals surface area contributed by atoms with E-state index in [0.29, 0.717) is 11.8 Å². The smallest absolute Gasteiger partial charge is 0.134 e. The molecule has 0 saturated heterocycles. The van der Waals surface area contributed by atoms with E-state index in [4.69, 9.17) is 4.99 Å². The number of amidine groups is 1. The minimum Gasteiger partial charge on any atom is -0.346 e. The summed E-state index contributed by atoms with van der Waals surface area (Å²) in [5.74, 6) is 1.70. The van der Waals surface area contributed by atoms with Gasteiger partial charge in [0.2, 0.25) is 0 Å². The number of aliphatic imine (C=N–C) groups is 1. The van der Waals surface area contributed by atoms with E-state index in [9.17, 15) is 0 Å². The van der Waals surface area contributed by atoms with Crippen LogP contribution in [0.4, 0.5) is 0 Å². The lowest BCUT2D eigenvalue weighted by Gasteiger charge is -2.34. The van der Waals surface area contributed by atoms with E-state index >= 15 is 0 Å². The molecular weight excluding hydrogens is 548 g/mol. The Hall–Kier alpha value is -4.96. The fraction of sp³-hybridized carbons (Fsp3) is 0.220. The third-order valence-electron chi connectivity index (χ3n) is 10.5. The third-order valence-corrected chi connectivity index (χ3v) is 10.5. The van der Waals surface area contributed by atoms with Crippen molar-refractivity contribution in [3.63, 3.8) is 0 Å². The molecule has 4 nitrogen and oxygen atoms in total. The van der Waals surface area contributed by atoms with Crippen LogP contribution in [-0.4, -0.2) is 15.4 Å². The first-order valence-electron chi connectivity index (χ1n) is 16.2. The summed E-state index contributed by atoms with van der Waals surface area (Å²) in [6, 6.07) is 24.0. The van der Waals surface area contributed by atoms with Crippen molar-refractivity contribution in [2.24, 2.45) is 16.8 Å². The lowest BCUT2D eigenvalue weighted by Crippen LogP contribution is -2.44. The van der Waals surface area contributed by atoms with Crippen LogP contribution in [0, 0.1) is 11.8 Å². The van der Waals surface area contributed by atoms with Crippen LogP contribution in [-0.2, 0) is 5.41 Å². The van der Waals surface area contributed by atoms with Crippen molar-refractivity contribution in [1.82, 2.24) is 14.9 Å². The molecule has 0 bridgehead atoms. The molecule has 3 atom stereocenters. The van der Waals surface area contributed by atoms with Gasteiger partial charge in [-0.3, -0.25) is 4.98 Å². The largest absolute Gasteiger partial charge is 0.346 e. The molecule has 3 heterocycles. The number of aromatic nitrogens is 2. The number of hydrogen-bond donors (Lipinski definition) is 1. The van der Waals surface area contributed by atoms with Gasteiger partial charge in [-0.2, -0.15) is 0 Å². The summed E-state index contributed by atoms with van der Waals surface area (Å²) < 4.78 is 2.56. The molecular formula is C41H36N4. The van der Waals surface area contributed by atoms with Gasteiger partial charge < -0.3 is 9.88 Å². The molecule has 0 spiro atoms. The van der Waals surface area contributed by atoms with Gasteiger partial charge in [-0.1, -0.05) is 106 Å². The fourth-order valence-corrected chi connectivity index (χ4v) is 8.19. The van der Waals surface area contributed by atoms with Gasteiger partial charge in [-0.05, 0) is 70.9 Å². The molecule has 9 rings (SSSR count). The van der Waals surface area contributed by atoms with Gasteiger partial charge in [-0.25, -0.2) is 4.99 Å². The van der Waals surface area contributed by atoms with Crippen molar-refractivity contribution in [3.05, 3.63) is 148 Å². The highest BCUT2D eigenvalue weighted by Crippen LogP contribution is 2.52. The van der Waals surface area contributed by atoms with E-state index in [1.54, 1.807) is 0 Å². The molecule has 4 aromatic rings. The molecule has 4 aliphatic carbocycles. The number of allylic oxidation sites excluding steroid dienone is 8. The molecule has 2 aromatic heterocycles. The Bertz CT molecular complexity index is 2230. The lowest BCUT2D eigenvalue weighted by atomic mass is 9.83. The Labute approximate surface area is 263 Å². The van der Waals surface area contributed by atoms with Crippen LogP contribution in [0.2, 0.25) is 0 Å². The molecule has 3 unspecified atom stereocenters. The summed E-state index contributed by atoms with van der Waals surface area (Å²) >= 11 is 0. The van der Waals surface area contributed by atoms with E-state index in [-0.39, 0.29) is 11.6 Å². The fourth-order valence-electron chi connectivity index (χ4n) is 8.19. The molecule has 0 amide bonds. The van der Waals surface area contributed by atoms with Crippen LogP contribution >= 0.6 is 0 Å². The SMILES string of the molecule is CC1CC(c2ccccn2)=CC=C1C1=NC2=C(c3ccccc3C2(C)C)C(n2c3c(c4ccccc42)=CC2CC=CC=C2C=3)N1. The van der Waals surface area contributed by atoms with Crippen molar-refractivity contribution < 1.29 is 0 Å². The number of para-hydroxylation sites is 1. The molecule has 1 aliphatic heterocycles. The molecule has 0 saturated carbocycles. The monoisotopic (exact) mass is 584 g/mol. The highest BCUT2D eigenvalue weighted by Gasteiger charge is 2.44. The van der Waals surface area contributed by atoms with Crippen molar-refractivity contribution in [2.75, 3.05) is 0 Å². The van der Waals surface area contributed by atoms with Crippen LogP contribution in [0.25, 0.3) is 34.2 Å². The lowest BCUT2D eigenvalue weighted by molar-refractivity contribution is 0.558. The van der Waals surface area contributed by atoms with E-state index in [1.807, 2.05) is 12.3 Å². The Morgan fingerprint density at radius 3 is 2.64 bits per heavy atom. The van der Waals surface area contributed by atoms with E-state index < -0.39 is 0 Å². The Kier molecular flexibility index (Phi) is 5.74. The molecule has 4 heteroatoms. The third kappa shape index (κ3) is 3.91. The van der Waals surface area contributed by atoms with E-state index in [0.717, 1.165) is 24.4 Å². The second-order valence-electron chi connectivity index (χ2n) is 13.5. The van der Waals surface area contributed by atoms with Crippen LogP contribution < -0.4 is 15.9 Å². The summed E-state index contributed by atoms with van der Waals surface area (Å²) in [5.41, 5.74) is 11.1. The van der Waals surface area contributed by atoms with Gasteiger partial charge in [0.1, 0.15) is 12.0 Å². The summed E-state index contributed by atoms with van der Waals surface area (Å²) in [4.78, 5) is 10.2. The van der Waals surface area contributed by atoms with Gasteiger partial charge in [-0.15, -0.1) is 0 Å². The summed E-state index contributed by atoms with van der Waals surface area (Å²) in [5, 5.41) is 7.97. The number of hydrogen-bond acceptors (Lipinski definition) is 3. The van der Waals surface area contributed by atoms with Crippen LogP contribution in [0.15, 0.2) is 125 Å². The van der Waals surface area contributed by atoms with Gasteiger partial charge in [0, 0.05) is 33.7 Å². The van der Waals surface area contributed by atoms with Crippen LogP contribution in [0.3, 0.4) is 0 Å². The van der Waals surface area contributed by atoms with Crippen molar-refractivity contribution in [1.29, 1.82) is 0 Å². The Morgan fingerprint density at radius 1 is 0.933 bits per heavy atom. The zero-order chi connectivity index (χ0) is 30.3. The first kappa shape index (κ1) is 26.4. The Morgan fingerprint density at radius 2 is 1.78 bits per heavy atom. The molecule has 2 aromatic carbocycles. The summed E-state index contributed by atoms with van der Waals surface area (Å²) in [6.45, 7) is 6.99. The maximum absolute atomic E-state index is 5.52. The van der Waals surface area contributed by atoms with E-state index in [1.165, 1.54) is 60.6 Å².